The van der Waals surface area contributed by atoms with Crippen LogP contribution in [0.2, 0.25) is 25.1 Å². The monoisotopic (exact) mass is 618 g/mol. The molecule has 1 aliphatic rings. The van der Waals surface area contributed by atoms with Gasteiger partial charge in [-0.1, -0.05) is 94.5 Å². The quantitative estimate of drug-likeness (QED) is 0.190. The van der Waals surface area contributed by atoms with Gasteiger partial charge >= 0.3 is 0 Å². The smallest absolute Gasteiger partial charge is 0.168 e. The minimum absolute atomic E-state index is 0.245. The summed E-state index contributed by atoms with van der Waals surface area (Å²) in [5.74, 6) is 0. The largest absolute Gasteiger partial charge is 0.231 e. The topological polar surface area (TPSA) is 43.6 Å². The number of rotatable bonds is 6. The molecular formula is C28H19Cl5N4S. The van der Waals surface area contributed by atoms with E-state index in [4.69, 9.17) is 63.1 Å². The molecule has 4 nitrogen and oxygen atoms in total. The number of benzene rings is 3. The Morgan fingerprint density at radius 2 is 1.47 bits per heavy atom. The third kappa shape index (κ3) is 4.53. The second-order valence-electron chi connectivity index (χ2n) is 9.16. The average molecular weight is 621 g/mol. The van der Waals surface area contributed by atoms with Crippen LogP contribution in [0.25, 0.3) is 27.6 Å². The van der Waals surface area contributed by atoms with E-state index in [1.807, 2.05) is 47.1 Å². The number of hydrogen-bond acceptors (Lipinski definition) is 4. The first-order valence-electron chi connectivity index (χ1n) is 11.9. The fourth-order valence-electron chi connectivity index (χ4n) is 4.80. The molecule has 0 unspecified atom stereocenters. The SMILES string of the molecule is CCc1c(-c2nnc(C3(c4ccc(Cl)cc4Cl)CC3)s2)nn(-c2ccc(Cl)cc2Cl)c1-c1ccc(Cl)cc1. The highest BCUT2D eigenvalue weighted by molar-refractivity contribution is 7.14. The Morgan fingerprint density at radius 1 is 0.816 bits per heavy atom. The number of nitrogens with zero attached hydrogens (tertiary/aromatic N) is 4. The predicted molar refractivity (Wildman–Crippen MR) is 159 cm³/mol. The number of hydrogen-bond donors (Lipinski definition) is 0. The Bertz CT molecular complexity index is 1670. The standard InChI is InChI=1S/C28H19Cl5N4S/c1-2-19-24(26-34-35-27(38-26)28(11-12-28)20-9-7-17(30)13-21(20)32)36-37(23-10-8-18(31)14-22(23)33)25(19)15-3-5-16(29)6-4-15/h3-10,13-14H,2,11-12H2,1H3. The van der Waals surface area contributed by atoms with Gasteiger partial charge in [-0.05, 0) is 67.3 Å². The van der Waals surface area contributed by atoms with Crippen LogP contribution in [0.5, 0.6) is 0 Å². The van der Waals surface area contributed by atoms with Crippen LogP contribution in [0.4, 0.5) is 0 Å². The van der Waals surface area contributed by atoms with Crippen molar-refractivity contribution in [1.29, 1.82) is 0 Å². The Morgan fingerprint density at radius 3 is 2.11 bits per heavy atom. The molecule has 2 heterocycles. The van der Waals surface area contributed by atoms with Crippen molar-refractivity contribution in [3.8, 4) is 27.6 Å². The molecule has 0 atom stereocenters. The minimum atomic E-state index is -0.245. The van der Waals surface area contributed by atoms with Crippen molar-refractivity contribution in [3.63, 3.8) is 0 Å². The molecule has 2 aromatic heterocycles. The lowest BCUT2D eigenvalue weighted by atomic mass is 9.97. The van der Waals surface area contributed by atoms with E-state index >= 15 is 0 Å². The molecule has 1 aliphatic carbocycles. The van der Waals surface area contributed by atoms with Crippen LogP contribution < -0.4 is 0 Å². The summed E-state index contributed by atoms with van der Waals surface area (Å²) in [7, 11) is 0. The van der Waals surface area contributed by atoms with E-state index in [0.29, 0.717) is 25.1 Å². The normalized spacial score (nSPS) is 14.2. The molecule has 38 heavy (non-hydrogen) atoms. The van der Waals surface area contributed by atoms with Crippen LogP contribution in [-0.4, -0.2) is 20.0 Å². The van der Waals surface area contributed by atoms with Crippen LogP contribution in [0.3, 0.4) is 0 Å². The second kappa shape index (κ2) is 10.1. The van der Waals surface area contributed by atoms with Gasteiger partial charge in [0.1, 0.15) is 10.7 Å². The van der Waals surface area contributed by atoms with Crippen LogP contribution in [0.1, 0.15) is 35.9 Å². The molecule has 1 fully saturated rings. The average Bonchev–Trinajstić information content (AvgIpc) is 3.37. The van der Waals surface area contributed by atoms with Crippen molar-refractivity contribution in [3.05, 3.63) is 102 Å². The van der Waals surface area contributed by atoms with Gasteiger partial charge in [0, 0.05) is 31.2 Å². The zero-order valence-electron chi connectivity index (χ0n) is 20.0. The summed E-state index contributed by atoms with van der Waals surface area (Å²) >= 11 is 33.4. The van der Waals surface area contributed by atoms with Gasteiger partial charge in [-0.3, -0.25) is 0 Å². The third-order valence-electron chi connectivity index (χ3n) is 6.83. The Hall–Kier alpha value is -2.12. The third-order valence-corrected chi connectivity index (χ3v) is 9.30. The van der Waals surface area contributed by atoms with E-state index in [2.05, 4.69) is 17.1 Å². The number of aromatic nitrogens is 4. The van der Waals surface area contributed by atoms with E-state index in [-0.39, 0.29) is 5.41 Å². The van der Waals surface area contributed by atoms with Gasteiger partial charge in [0.15, 0.2) is 5.01 Å². The first kappa shape index (κ1) is 26.1. The summed E-state index contributed by atoms with van der Waals surface area (Å²) in [6.07, 6.45) is 2.63. The molecule has 192 valence electrons. The first-order valence-corrected chi connectivity index (χ1v) is 14.6. The molecule has 0 aliphatic heterocycles. The van der Waals surface area contributed by atoms with Gasteiger partial charge < -0.3 is 0 Å². The van der Waals surface area contributed by atoms with Crippen molar-refractivity contribution in [2.75, 3.05) is 0 Å². The maximum absolute atomic E-state index is 6.65. The van der Waals surface area contributed by atoms with Gasteiger partial charge in [0.25, 0.3) is 0 Å². The van der Waals surface area contributed by atoms with Gasteiger partial charge in [-0.15, -0.1) is 10.2 Å². The van der Waals surface area contributed by atoms with E-state index in [9.17, 15) is 0 Å². The maximum Gasteiger partial charge on any atom is 0.168 e. The van der Waals surface area contributed by atoms with E-state index in [0.717, 1.165) is 63.0 Å². The van der Waals surface area contributed by atoms with Crippen LogP contribution in [0, 0.1) is 0 Å². The van der Waals surface area contributed by atoms with Crippen molar-refractivity contribution in [2.45, 2.75) is 31.6 Å². The van der Waals surface area contributed by atoms with Crippen LogP contribution >= 0.6 is 69.3 Å². The van der Waals surface area contributed by atoms with E-state index < -0.39 is 0 Å². The fourth-order valence-corrected chi connectivity index (χ4v) is 7.12. The van der Waals surface area contributed by atoms with Gasteiger partial charge in [0.2, 0.25) is 0 Å². The molecular weight excluding hydrogens is 602 g/mol. The Kier molecular flexibility index (Phi) is 6.96. The minimum Gasteiger partial charge on any atom is -0.231 e. The summed E-state index contributed by atoms with van der Waals surface area (Å²) < 4.78 is 1.86. The lowest BCUT2D eigenvalue weighted by Gasteiger charge is -2.14. The highest BCUT2D eigenvalue weighted by atomic mass is 35.5. The first-order chi connectivity index (χ1) is 18.3. The van der Waals surface area contributed by atoms with Crippen molar-refractivity contribution >= 4 is 69.3 Å². The second-order valence-corrected chi connectivity index (χ2v) is 12.3. The maximum atomic E-state index is 6.65. The molecule has 0 radical (unpaired) electrons. The highest BCUT2D eigenvalue weighted by Crippen LogP contribution is 2.56. The van der Waals surface area contributed by atoms with Gasteiger partial charge in [-0.25, -0.2) is 4.68 Å². The zero-order chi connectivity index (χ0) is 26.6. The Balaban J connectivity index is 1.51. The molecule has 0 bridgehead atoms. The van der Waals surface area contributed by atoms with E-state index in [1.54, 1.807) is 29.5 Å². The number of halogens is 5. The van der Waals surface area contributed by atoms with Crippen molar-refractivity contribution in [1.82, 2.24) is 20.0 Å². The van der Waals surface area contributed by atoms with E-state index in [1.165, 1.54) is 0 Å². The molecule has 6 rings (SSSR count). The predicted octanol–water partition coefficient (Wildman–Crippen LogP) is 9.97. The van der Waals surface area contributed by atoms with Gasteiger partial charge in [0.05, 0.1) is 21.8 Å². The summed E-state index contributed by atoms with van der Waals surface area (Å²) in [5.41, 5.74) is 5.20. The summed E-state index contributed by atoms with van der Waals surface area (Å²) in [6, 6.07) is 18.7. The Labute approximate surface area is 249 Å². The molecule has 0 spiro atoms. The van der Waals surface area contributed by atoms with Crippen LogP contribution in [0.15, 0.2) is 60.7 Å². The van der Waals surface area contributed by atoms with Crippen molar-refractivity contribution in [2.24, 2.45) is 0 Å². The van der Waals surface area contributed by atoms with Gasteiger partial charge in [-0.2, -0.15) is 5.10 Å². The van der Waals surface area contributed by atoms with Crippen molar-refractivity contribution < 1.29 is 0 Å². The summed E-state index contributed by atoms with van der Waals surface area (Å²) in [4.78, 5) is 0. The molecule has 0 N–H and O–H groups in total. The lowest BCUT2D eigenvalue weighted by molar-refractivity contribution is 0.807. The molecule has 0 saturated heterocycles. The molecule has 1 saturated carbocycles. The highest BCUT2D eigenvalue weighted by Gasteiger charge is 2.50. The fraction of sp³-hybridized carbons (Fsp3) is 0.179. The molecule has 3 aromatic carbocycles. The zero-order valence-corrected chi connectivity index (χ0v) is 24.6. The summed E-state index contributed by atoms with van der Waals surface area (Å²) in [6.45, 7) is 2.10. The summed E-state index contributed by atoms with van der Waals surface area (Å²) in [5, 5.41) is 18.9. The molecule has 5 aromatic rings. The molecule has 0 amide bonds. The van der Waals surface area contributed by atoms with Crippen LogP contribution in [-0.2, 0) is 11.8 Å². The molecule has 10 heteroatoms. The lowest BCUT2D eigenvalue weighted by Crippen LogP contribution is -2.09.